The molecule has 0 aliphatic heterocycles. The molecule has 0 fully saturated rings. The van der Waals surface area contributed by atoms with Crippen LogP contribution in [0.2, 0.25) is 0 Å². The van der Waals surface area contributed by atoms with Crippen LogP contribution < -0.4 is 10.2 Å². The van der Waals surface area contributed by atoms with E-state index in [-0.39, 0.29) is 18.6 Å². The Morgan fingerprint density at radius 1 is 1.17 bits per heavy atom. The molecule has 0 aromatic carbocycles. The van der Waals surface area contributed by atoms with E-state index < -0.39 is 20.1 Å². The first kappa shape index (κ1) is 10.1. The zero-order valence-corrected chi connectivity index (χ0v) is 6.48. The molecule has 0 aliphatic carbocycles. The molecule has 0 aliphatic rings. The third kappa shape index (κ3) is 72.3. The van der Waals surface area contributed by atoms with E-state index in [0.717, 1.165) is 0 Å². The van der Waals surface area contributed by atoms with E-state index in [0.29, 0.717) is 0 Å². The maximum absolute atomic E-state index is 8.64. The van der Waals surface area contributed by atoms with Gasteiger partial charge in [-0.3, -0.25) is 0 Å². The molecule has 0 aromatic heterocycles. The van der Waals surface area contributed by atoms with Crippen LogP contribution in [0.15, 0.2) is 0 Å². The Morgan fingerprint density at radius 2 is 1.17 bits per heavy atom. The summed E-state index contributed by atoms with van der Waals surface area (Å²) < 4.78 is 34.6. The van der Waals surface area contributed by atoms with Crippen LogP contribution in [0, 0.1) is 0 Å². The Labute approximate surface area is 51.8 Å². The van der Waals surface area contributed by atoms with Gasteiger partial charge >= 0.3 is 33.2 Å². The van der Waals surface area contributed by atoms with Gasteiger partial charge in [-0.05, 0) is 0 Å². The average Bonchev–Trinajstić information content (AvgIpc) is 0.722. The fourth-order valence-corrected chi connectivity index (χ4v) is 0. The largest absolute Gasteiger partial charge is 0 e. The zero-order chi connectivity index (χ0) is 4.50. The fraction of sp³-hybridized carbons (Fsp3) is 0. The Morgan fingerprint density at radius 3 is 1.17 bits per heavy atom. The molecule has 0 saturated heterocycles. The van der Waals surface area contributed by atoms with Gasteiger partial charge < -0.3 is 0 Å². The van der Waals surface area contributed by atoms with Crippen LogP contribution in [-0.2, 0) is 21.6 Å². The van der Waals surface area contributed by atoms with E-state index in [1.807, 2.05) is 0 Å². The molecule has 1 radical (unpaired) electrons. The first-order valence-corrected chi connectivity index (χ1v) is 4.90. The van der Waals surface area contributed by atoms with Crippen molar-refractivity contribution in [2.75, 3.05) is 0 Å². The third-order valence-corrected chi connectivity index (χ3v) is 0. The summed E-state index contributed by atoms with van der Waals surface area (Å²) in [6.07, 6.45) is 0. The number of hydrogen-bond acceptors (Lipinski definition) is 4. The van der Waals surface area contributed by atoms with Crippen LogP contribution in [-0.4, -0.2) is 20.1 Å². The molecule has 0 aromatic rings. The fourth-order valence-electron chi connectivity index (χ4n) is 0. The summed E-state index contributed by atoms with van der Waals surface area (Å²) in [6, 6.07) is 0. The molecule has 0 bridgehead atoms. The summed E-state index contributed by atoms with van der Waals surface area (Å²) in [4.78, 5) is 0. The van der Waals surface area contributed by atoms with Gasteiger partial charge in [0.05, 0.1) is 0 Å². The van der Waals surface area contributed by atoms with E-state index >= 15 is 0 Å². The maximum atomic E-state index is 8.64. The van der Waals surface area contributed by atoms with Crippen LogP contribution in [0.25, 0.3) is 0 Å². The molecule has 0 saturated carbocycles. The molecule has 0 heterocycles. The molecule has 0 atom stereocenters. The van der Waals surface area contributed by atoms with Crippen LogP contribution in [0.3, 0.4) is 0 Å². The molecule has 6 heteroatoms. The Balaban J connectivity index is 0. The monoisotopic (exact) mass is 236 g/mol. The average molecular weight is 237 g/mol. The summed E-state index contributed by atoms with van der Waals surface area (Å²) in [5, 5.41) is 0. The summed E-state index contributed by atoms with van der Waals surface area (Å²) in [6.45, 7) is 0. The van der Waals surface area contributed by atoms with Crippen molar-refractivity contribution in [3.8, 4) is 0 Å². The van der Waals surface area contributed by atoms with Crippen molar-refractivity contribution in [1.82, 2.24) is 0 Å². The van der Waals surface area contributed by atoms with Crippen molar-refractivity contribution in [2.45, 2.75) is 0 Å². The molecular weight excluding hydrogens is 237 g/mol. The quantitative estimate of drug-likeness (QED) is 0.401. The summed E-state index contributed by atoms with van der Waals surface area (Å²) >= 11 is -6.10. The summed E-state index contributed by atoms with van der Waals surface area (Å²) in [5.41, 5.74) is 0. The molecular formula is O4SbV-3. The molecule has 0 amide bonds. The minimum atomic E-state index is -6.10. The predicted octanol–water partition coefficient (Wildman–Crippen LogP) is -4.07. The second-order valence-electron chi connectivity index (χ2n) is 0.447. The standard InChI is InChI=1S/4O.Sb.V/q;3*-1;;. The molecule has 0 spiro atoms. The van der Waals surface area contributed by atoms with Gasteiger partial charge in [0.25, 0.3) is 0 Å². The maximum Gasteiger partial charge on any atom is 0 e. The van der Waals surface area contributed by atoms with Gasteiger partial charge in [-0.2, -0.15) is 0 Å². The van der Waals surface area contributed by atoms with Crippen LogP contribution in [0.5, 0.6) is 0 Å². The Kier molecular flexibility index (Phi) is 5.30. The zero-order valence-electron chi connectivity index (χ0n) is 2.53. The molecule has 0 rings (SSSR count). The smallest absolute Gasteiger partial charge is 0 e. The molecule has 6 heavy (non-hydrogen) atoms. The number of hydrogen-bond donors (Lipinski definition) is 0. The first-order chi connectivity index (χ1) is 2.00. The molecule has 4 nitrogen and oxygen atoms in total. The van der Waals surface area contributed by atoms with Gasteiger partial charge in [0.15, 0.2) is 0 Å². The Bertz CT molecular complexity index is 53.7. The van der Waals surface area contributed by atoms with E-state index in [2.05, 4.69) is 0 Å². The topological polar surface area (TPSA) is 86.2 Å². The van der Waals surface area contributed by atoms with Crippen LogP contribution in [0.4, 0.5) is 0 Å². The summed E-state index contributed by atoms with van der Waals surface area (Å²) in [5.74, 6) is 0. The van der Waals surface area contributed by atoms with E-state index in [1.54, 1.807) is 0 Å². The third-order valence-electron chi connectivity index (χ3n) is 0. The summed E-state index contributed by atoms with van der Waals surface area (Å²) in [7, 11) is 0. The van der Waals surface area contributed by atoms with Gasteiger partial charge in [0.2, 0.25) is 0 Å². The Hall–Kier alpha value is 1.08. The minimum Gasteiger partial charge on any atom is 0 e. The minimum absolute atomic E-state index is 0. The van der Waals surface area contributed by atoms with Crippen molar-refractivity contribution < 1.29 is 31.7 Å². The van der Waals surface area contributed by atoms with Crippen LogP contribution >= 0.6 is 0 Å². The van der Waals surface area contributed by atoms with Gasteiger partial charge in [0.1, 0.15) is 0 Å². The van der Waals surface area contributed by atoms with Gasteiger partial charge in [-0.25, -0.2) is 0 Å². The second-order valence-corrected chi connectivity index (χ2v) is 3.00. The second kappa shape index (κ2) is 3.13. The van der Waals surface area contributed by atoms with Crippen LogP contribution in [0.1, 0.15) is 0 Å². The van der Waals surface area contributed by atoms with Crippen molar-refractivity contribution >= 4 is 20.1 Å². The van der Waals surface area contributed by atoms with Gasteiger partial charge in [-0.1, -0.05) is 0 Å². The van der Waals surface area contributed by atoms with Gasteiger partial charge in [0, 0.05) is 18.6 Å². The first-order valence-electron chi connectivity index (χ1n) is 0.730. The van der Waals surface area contributed by atoms with E-state index in [1.165, 1.54) is 0 Å². The van der Waals surface area contributed by atoms with Crippen molar-refractivity contribution in [2.24, 2.45) is 0 Å². The SMILES string of the molecule is [O]=[Sb]([O-])([O-])[O-].[V]. The predicted molar refractivity (Wildman–Crippen MR) is 6.44 cm³/mol. The molecule has 0 N–H and O–H groups in total. The molecule has 37 valence electrons. The number of rotatable bonds is 0. The van der Waals surface area contributed by atoms with Crippen molar-refractivity contribution in [3.63, 3.8) is 0 Å². The molecule has 0 unspecified atom stereocenters. The van der Waals surface area contributed by atoms with E-state index in [4.69, 9.17) is 13.2 Å². The normalized spacial score (nSPS) is 9.83. The van der Waals surface area contributed by atoms with Crippen molar-refractivity contribution in [3.05, 3.63) is 0 Å². The van der Waals surface area contributed by atoms with Crippen molar-refractivity contribution in [1.29, 1.82) is 0 Å². The van der Waals surface area contributed by atoms with E-state index in [9.17, 15) is 0 Å². The van der Waals surface area contributed by atoms with Gasteiger partial charge in [-0.15, -0.1) is 0 Å².